The number of nitrogens with one attached hydrogen (secondary N) is 2. The van der Waals surface area contributed by atoms with Crippen LogP contribution in [0.3, 0.4) is 0 Å². The molecule has 3 saturated heterocycles. The Morgan fingerprint density at radius 2 is 1.89 bits per heavy atom. The van der Waals surface area contributed by atoms with E-state index in [1.165, 1.54) is 39.3 Å². The second-order valence-corrected chi connectivity index (χ2v) is 9.98. The van der Waals surface area contributed by atoms with Gasteiger partial charge in [-0.2, -0.15) is 0 Å². The summed E-state index contributed by atoms with van der Waals surface area (Å²) in [7, 11) is 1.52. The Morgan fingerprint density at radius 3 is 2.61 bits per heavy atom. The van der Waals surface area contributed by atoms with Gasteiger partial charge >= 0.3 is 5.97 Å². The number of ether oxygens (including phenoxy) is 1. The molecule has 2 N–H and O–H groups in total. The number of hydrogen-bond acceptors (Lipinski definition) is 6. The summed E-state index contributed by atoms with van der Waals surface area (Å²) in [6.45, 7) is 6.29. The minimum Gasteiger partial charge on any atom is -0.468 e. The zero-order valence-electron chi connectivity index (χ0n) is 17.2. The van der Waals surface area contributed by atoms with Gasteiger partial charge in [-0.3, -0.25) is 19.9 Å². The smallest absolute Gasteiger partial charge is 0.323 e. The van der Waals surface area contributed by atoms with Gasteiger partial charge in [0.2, 0.25) is 0 Å². The van der Waals surface area contributed by atoms with Crippen molar-refractivity contribution in [3.8, 4) is 0 Å². The summed E-state index contributed by atoms with van der Waals surface area (Å²) in [4.78, 5) is 17.6. The average molecular weight is 413 g/mol. The maximum absolute atomic E-state index is 12.5. The number of methoxy groups -OCH3 is 1. The van der Waals surface area contributed by atoms with Crippen molar-refractivity contribution in [1.82, 2.24) is 20.4 Å². The number of hydrogen-bond donors (Lipinski definition) is 2. The minimum absolute atomic E-state index is 0.0668. The first-order valence-corrected chi connectivity index (χ1v) is 11.7. The maximum atomic E-state index is 12.5. The van der Waals surface area contributed by atoms with E-state index in [0.717, 1.165) is 58.0 Å². The van der Waals surface area contributed by atoms with Crippen molar-refractivity contribution >= 4 is 17.6 Å². The van der Waals surface area contributed by atoms with E-state index >= 15 is 0 Å². The Bertz CT molecular complexity index is 523. The molecule has 4 rings (SSSR count). The molecular weight excluding hydrogens is 376 g/mol. The van der Waals surface area contributed by atoms with E-state index < -0.39 is 0 Å². The van der Waals surface area contributed by atoms with Crippen molar-refractivity contribution in [3.05, 3.63) is 0 Å². The van der Waals surface area contributed by atoms with Gasteiger partial charge in [0.15, 0.2) is 0 Å². The van der Waals surface area contributed by atoms with Crippen LogP contribution in [0.4, 0.5) is 0 Å². The van der Waals surface area contributed by atoms with Crippen molar-refractivity contribution in [1.29, 1.82) is 0 Å². The molecule has 3 heterocycles. The van der Waals surface area contributed by atoms with Crippen LogP contribution in [0.2, 0.25) is 0 Å². The molecule has 0 radical (unpaired) electrons. The lowest BCUT2D eigenvalue weighted by Gasteiger charge is -2.44. The highest BCUT2D eigenvalue weighted by Crippen LogP contribution is 2.32. The van der Waals surface area contributed by atoms with Gasteiger partial charge < -0.3 is 10.1 Å². The summed E-state index contributed by atoms with van der Waals surface area (Å²) < 4.78 is 5.17. The molecule has 0 aromatic carbocycles. The third-order valence-electron chi connectivity index (χ3n) is 7.46. The predicted octanol–water partition coefficient (Wildman–Crippen LogP) is 1.63. The molecule has 160 valence electrons. The molecule has 4 fully saturated rings. The lowest BCUT2D eigenvalue weighted by Crippen LogP contribution is -2.60. The van der Waals surface area contributed by atoms with E-state index in [1.807, 2.05) is 0 Å². The van der Waals surface area contributed by atoms with Gasteiger partial charge in [0.25, 0.3) is 0 Å². The highest BCUT2D eigenvalue weighted by atomic mass is 35.5. The molecule has 6 nitrogen and oxygen atoms in total. The lowest BCUT2D eigenvalue weighted by atomic mass is 9.87. The van der Waals surface area contributed by atoms with Crippen LogP contribution < -0.4 is 10.6 Å². The molecule has 0 aromatic heterocycles. The first kappa shape index (κ1) is 20.9. The second kappa shape index (κ2) is 9.61. The summed E-state index contributed by atoms with van der Waals surface area (Å²) in [5.74, 6) is 1.34. The van der Waals surface area contributed by atoms with Crippen molar-refractivity contribution in [3.63, 3.8) is 0 Å². The van der Waals surface area contributed by atoms with Crippen LogP contribution in [0.15, 0.2) is 0 Å². The number of piperidine rings is 2. The summed E-state index contributed by atoms with van der Waals surface area (Å²) in [5, 5.41) is 7.60. The van der Waals surface area contributed by atoms with Crippen molar-refractivity contribution in [2.75, 3.05) is 46.5 Å². The molecule has 4 atom stereocenters. The monoisotopic (exact) mass is 412 g/mol. The summed E-state index contributed by atoms with van der Waals surface area (Å²) >= 11 is 6.30. The molecule has 1 saturated carbocycles. The molecule has 28 heavy (non-hydrogen) atoms. The Hall–Kier alpha value is -0.400. The van der Waals surface area contributed by atoms with E-state index in [2.05, 4.69) is 20.4 Å². The summed E-state index contributed by atoms with van der Waals surface area (Å²) in [5.41, 5.74) is 0. The third-order valence-corrected chi connectivity index (χ3v) is 7.90. The van der Waals surface area contributed by atoms with Gasteiger partial charge in [0, 0.05) is 43.8 Å². The van der Waals surface area contributed by atoms with E-state index in [4.69, 9.17) is 16.3 Å². The van der Waals surface area contributed by atoms with Crippen molar-refractivity contribution in [2.24, 2.45) is 11.8 Å². The molecule has 0 spiro atoms. The zero-order valence-corrected chi connectivity index (χ0v) is 18.0. The molecular formula is C21H37ClN4O2. The number of likely N-dealkylation sites (tertiary alicyclic amines) is 1. The molecule has 3 unspecified atom stereocenters. The second-order valence-electron chi connectivity index (χ2n) is 9.37. The fraction of sp³-hybridized carbons (Fsp3) is 0.952. The number of rotatable bonds is 5. The SMILES string of the molecule is COC(=O)[C@H]1CC2NCN(CC3CCC(Cl)CC3)C2CN1CC1CCCNC1. The van der Waals surface area contributed by atoms with E-state index in [9.17, 15) is 4.79 Å². The van der Waals surface area contributed by atoms with Crippen LogP contribution in [0.25, 0.3) is 0 Å². The Morgan fingerprint density at radius 1 is 1.11 bits per heavy atom. The number of halogens is 1. The number of fused-ring (bicyclic) bond motifs is 1. The van der Waals surface area contributed by atoms with Crippen molar-refractivity contribution in [2.45, 2.75) is 68.4 Å². The van der Waals surface area contributed by atoms with Gasteiger partial charge in [-0.25, -0.2) is 0 Å². The van der Waals surface area contributed by atoms with Crippen molar-refractivity contribution < 1.29 is 9.53 Å². The highest BCUT2D eigenvalue weighted by Gasteiger charge is 2.45. The molecule has 3 aliphatic heterocycles. The zero-order chi connectivity index (χ0) is 19.5. The molecule has 0 bridgehead atoms. The van der Waals surface area contributed by atoms with Crippen LogP contribution >= 0.6 is 11.6 Å². The van der Waals surface area contributed by atoms with Gasteiger partial charge in [-0.1, -0.05) is 0 Å². The Labute approximate surface area is 174 Å². The topological polar surface area (TPSA) is 56.8 Å². The van der Waals surface area contributed by atoms with Gasteiger partial charge in [-0.15, -0.1) is 11.6 Å². The highest BCUT2D eigenvalue weighted by molar-refractivity contribution is 6.20. The van der Waals surface area contributed by atoms with Crippen LogP contribution in [-0.2, 0) is 9.53 Å². The van der Waals surface area contributed by atoms with E-state index in [-0.39, 0.29) is 12.0 Å². The fourth-order valence-electron chi connectivity index (χ4n) is 5.81. The molecule has 1 aliphatic carbocycles. The maximum Gasteiger partial charge on any atom is 0.323 e. The van der Waals surface area contributed by atoms with Crippen LogP contribution in [0.5, 0.6) is 0 Å². The molecule has 4 aliphatic rings. The first-order chi connectivity index (χ1) is 13.6. The number of carbonyl (C=O) groups excluding carboxylic acids is 1. The standard InChI is InChI=1S/C21H37ClN4O2/c1-28-21(27)19-9-18-20(13-25(19)12-16-3-2-8-23-10-16)26(14-24-18)11-15-4-6-17(22)7-5-15/h15-20,23-24H,2-14H2,1H3/t15?,16?,17?,18?,19-,20?/m1/s1. The first-order valence-electron chi connectivity index (χ1n) is 11.3. The van der Waals surface area contributed by atoms with Gasteiger partial charge in [0.05, 0.1) is 7.11 Å². The predicted molar refractivity (Wildman–Crippen MR) is 111 cm³/mol. The largest absolute Gasteiger partial charge is 0.468 e. The number of nitrogens with zero attached hydrogens (tertiary/aromatic N) is 2. The minimum atomic E-state index is -0.104. The molecule has 0 amide bonds. The normalized spacial score (nSPS) is 40.2. The van der Waals surface area contributed by atoms with E-state index in [0.29, 0.717) is 23.4 Å². The number of carbonyl (C=O) groups is 1. The lowest BCUT2D eigenvalue weighted by molar-refractivity contribution is -0.149. The van der Waals surface area contributed by atoms with E-state index in [1.54, 1.807) is 0 Å². The number of alkyl halides is 1. The van der Waals surface area contributed by atoms with Gasteiger partial charge in [0.1, 0.15) is 6.04 Å². The van der Waals surface area contributed by atoms with Crippen LogP contribution in [0, 0.1) is 11.8 Å². The molecule has 7 heteroatoms. The summed E-state index contributed by atoms with van der Waals surface area (Å²) in [6, 6.07) is 0.799. The number of esters is 1. The molecule has 0 aromatic rings. The van der Waals surface area contributed by atoms with Gasteiger partial charge in [-0.05, 0) is 69.9 Å². The Kier molecular flexibility index (Phi) is 7.16. The summed E-state index contributed by atoms with van der Waals surface area (Å²) in [6.07, 6.45) is 8.19. The fourth-order valence-corrected chi connectivity index (χ4v) is 6.07. The van der Waals surface area contributed by atoms with Crippen LogP contribution in [-0.4, -0.2) is 85.8 Å². The third kappa shape index (κ3) is 4.84. The quantitative estimate of drug-likeness (QED) is 0.528. The van der Waals surface area contributed by atoms with Crippen LogP contribution in [0.1, 0.15) is 44.9 Å². The average Bonchev–Trinajstić information content (AvgIpc) is 3.11. The Balaban J connectivity index is 1.39.